The molecule has 0 unspecified atom stereocenters. The number of amides is 1. The van der Waals surface area contributed by atoms with Gasteiger partial charge in [-0.2, -0.15) is 13.2 Å². The van der Waals surface area contributed by atoms with Crippen molar-refractivity contribution in [2.24, 2.45) is 0 Å². The number of anilines is 2. The Morgan fingerprint density at radius 3 is 2.62 bits per heavy atom. The lowest BCUT2D eigenvalue weighted by molar-refractivity contribution is -0.136. The van der Waals surface area contributed by atoms with Gasteiger partial charge >= 0.3 is 6.18 Å². The van der Waals surface area contributed by atoms with E-state index in [-0.39, 0.29) is 23.8 Å². The fourth-order valence-corrected chi connectivity index (χ4v) is 2.20. The molecule has 1 amide bonds. The van der Waals surface area contributed by atoms with Crippen LogP contribution in [0.2, 0.25) is 0 Å². The number of halogens is 3. The van der Waals surface area contributed by atoms with Crippen molar-refractivity contribution < 1.29 is 18.0 Å². The molecule has 1 fully saturated rings. The van der Waals surface area contributed by atoms with Crippen LogP contribution >= 0.6 is 0 Å². The third-order valence-electron chi connectivity index (χ3n) is 3.46. The SMILES string of the molecule is CCN(CC(=O)Nc1ccc(N)c(C(F)(F)F)c1)C1CC1. The van der Waals surface area contributed by atoms with E-state index in [1.807, 2.05) is 11.8 Å². The summed E-state index contributed by atoms with van der Waals surface area (Å²) in [6.07, 6.45) is -2.39. The van der Waals surface area contributed by atoms with Gasteiger partial charge in [-0.15, -0.1) is 0 Å². The summed E-state index contributed by atoms with van der Waals surface area (Å²) < 4.78 is 38.2. The molecule has 0 aromatic heterocycles. The zero-order chi connectivity index (χ0) is 15.6. The lowest BCUT2D eigenvalue weighted by Crippen LogP contribution is -2.34. The molecular formula is C14H18F3N3O. The molecule has 3 N–H and O–H groups in total. The second kappa shape index (κ2) is 5.93. The number of carbonyl (C=O) groups is 1. The third kappa shape index (κ3) is 4.10. The normalized spacial score (nSPS) is 15.3. The highest BCUT2D eigenvalue weighted by Crippen LogP contribution is 2.35. The first kappa shape index (κ1) is 15.6. The minimum absolute atomic E-state index is 0.105. The van der Waals surface area contributed by atoms with Gasteiger partial charge in [-0.3, -0.25) is 9.69 Å². The van der Waals surface area contributed by atoms with Crippen LogP contribution in [0.4, 0.5) is 24.5 Å². The molecule has 1 aliphatic carbocycles. The van der Waals surface area contributed by atoms with E-state index in [1.54, 1.807) is 0 Å². The number of hydrogen-bond acceptors (Lipinski definition) is 3. The van der Waals surface area contributed by atoms with E-state index in [9.17, 15) is 18.0 Å². The second-order valence-corrected chi connectivity index (χ2v) is 5.14. The molecule has 7 heteroatoms. The Morgan fingerprint density at radius 2 is 2.10 bits per heavy atom. The highest BCUT2D eigenvalue weighted by Gasteiger charge is 2.33. The van der Waals surface area contributed by atoms with Crippen LogP contribution in [0.15, 0.2) is 18.2 Å². The summed E-state index contributed by atoms with van der Waals surface area (Å²) in [7, 11) is 0. The number of benzene rings is 1. The molecule has 0 bridgehead atoms. The van der Waals surface area contributed by atoms with Crippen molar-refractivity contribution in [3.8, 4) is 0 Å². The van der Waals surface area contributed by atoms with E-state index in [0.29, 0.717) is 6.04 Å². The van der Waals surface area contributed by atoms with Gasteiger partial charge in [-0.05, 0) is 37.6 Å². The Bertz CT molecular complexity index is 527. The summed E-state index contributed by atoms with van der Waals surface area (Å²) in [6, 6.07) is 3.81. The van der Waals surface area contributed by atoms with Gasteiger partial charge in [0.1, 0.15) is 0 Å². The largest absolute Gasteiger partial charge is 0.418 e. The second-order valence-electron chi connectivity index (χ2n) is 5.14. The maximum atomic E-state index is 12.7. The van der Waals surface area contributed by atoms with Crippen LogP contribution in [-0.2, 0) is 11.0 Å². The average molecular weight is 301 g/mol. The lowest BCUT2D eigenvalue weighted by atomic mass is 10.1. The Balaban J connectivity index is 2.03. The van der Waals surface area contributed by atoms with Crippen molar-refractivity contribution in [3.63, 3.8) is 0 Å². The Labute approximate surface area is 121 Å². The predicted octanol–water partition coefficient (Wildman–Crippen LogP) is 2.71. The van der Waals surface area contributed by atoms with Crippen molar-refractivity contribution in [1.82, 2.24) is 4.90 Å². The van der Waals surface area contributed by atoms with Crippen molar-refractivity contribution in [3.05, 3.63) is 23.8 Å². The van der Waals surface area contributed by atoms with Crippen LogP contribution in [0, 0.1) is 0 Å². The monoisotopic (exact) mass is 301 g/mol. The lowest BCUT2D eigenvalue weighted by Gasteiger charge is -2.19. The first-order valence-electron chi connectivity index (χ1n) is 6.82. The molecule has 1 aromatic carbocycles. The molecule has 1 saturated carbocycles. The van der Waals surface area contributed by atoms with Crippen LogP contribution in [0.3, 0.4) is 0 Å². The molecule has 1 aliphatic rings. The molecule has 2 rings (SSSR count). The van der Waals surface area contributed by atoms with Crippen LogP contribution in [-0.4, -0.2) is 29.9 Å². The van der Waals surface area contributed by atoms with E-state index in [4.69, 9.17) is 5.73 Å². The Morgan fingerprint density at radius 1 is 1.43 bits per heavy atom. The predicted molar refractivity (Wildman–Crippen MR) is 74.8 cm³/mol. The van der Waals surface area contributed by atoms with Gasteiger partial charge in [0.15, 0.2) is 0 Å². The maximum Gasteiger partial charge on any atom is 0.418 e. The van der Waals surface area contributed by atoms with Gasteiger partial charge in [0, 0.05) is 17.4 Å². The molecule has 116 valence electrons. The zero-order valence-corrected chi connectivity index (χ0v) is 11.7. The number of nitrogens with two attached hydrogens (primary N) is 1. The number of hydrogen-bond donors (Lipinski definition) is 2. The van der Waals surface area contributed by atoms with Crippen LogP contribution in [0.5, 0.6) is 0 Å². The number of carbonyl (C=O) groups excluding carboxylic acids is 1. The first-order valence-corrected chi connectivity index (χ1v) is 6.82. The van der Waals surface area contributed by atoms with Gasteiger partial charge in [-0.1, -0.05) is 6.92 Å². The number of nitrogens with one attached hydrogen (secondary N) is 1. The van der Waals surface area contributed by atoms with Gasteiger partial charge in [0.25, 0.3) is 0 Å². The van der Waals surface area contributed by atoms with Gasteiger partial charge in [0.2, 0.25) is 5.91 Å². The first-order chi connectivity index (χ1) is 9.81. The van der Waals surface area contributed by atoms with Crippen LogP contribution in [0.25, 0.3) is 0 Å². The van der Waals surface area contributed by atoms with E-state index < -0.39 is 11.7 Å². The highest BCUT2D eigenvalue weighted by atomic mass is 19.4. The molecule has 0 aliphatic heterocycles. The number of nitrogens with zero attached hydrogens (tertiary/aromatic N) is 1. The molecule has 0 radical (unpaired) electrons. The summed E-state index contributed by atoms with van der Waals surface area (Å²) in [5.74, 6) is -0.318. The topological polar surface area (TPSA) is 58.4 Å². The Kier molecular flexibility index (Phi) is 4.41. The molecule has 0 heterocycles. The van der Waals surface area contributed by atoms with E-state index in [1.165, 1.54) is 6.07 Å². The third-order valence-corrected chi connectivity index (χ3v) is 3.46. The number of likely N-dealkylation sites (N-methyl/N-ethyl adjacent to an activating group) is 1. The summed E-state index contributed by atoms with van der Waals surface area (Å²) >= 11 is 0. The minimum atomic E-state index is -4.53. The van der Waals surface area contributed by atoms with Gasteiger partial charge < -0.3 is 11.1 Å². The standard InChI is InChI=1S/C14H18F3N3O/c1-2-20(10-4-5-10)8-13(21)19-9-3-6-12(18)11(7-9)14(15,16)17/h3,6-7,10H,2,4-5,8,18H2,1H3,(H,19,21). The van der Waals surface area contributed by atoms with Crippen molar-refractivity contribution in [2.75, 3.05) is 24.1 Å². The quantitative estimate of drug-likeness (QED) is 0.822. The van der Waals surface area contributed by atoms with Crippen molar-refractivity contribution >= 4 is 17.3 Å². The average Bonchev–Trinajstić information content (AvgIpc) is 3.21. The summed E-state index contributed by atoms with van der Waals surface area (Å²) in [6.45, 7) is 2.89. The van der Waals surface area contributed by atoms with Crippen LogP contribution in [0.1, 0.15) is 25.3 Å². The molecule has 4 nitrogen and oxygen atoms in total. The highest BCUT2D eigenvalue weighted by molar-refractivity contribution is 5.92. The fraction of sp³-hybridized carbons (Fsp3) is 0.500. The molecule has 0 spiro atoms. The van der Waals surface area contributed by atoms with E-state index in [0.717, 1.165) is 31.5 Å². The smallest absolute Gasteiger partial charge is 0.398 e. The van der Waals surface area contributed by atoms with Crippen molar-refractivity contribution in [2.45, 2.75) is 32.0 Å². The number of alkyl halides is 3. The summed E-state index contributed by atoms with van der Waals surface area (Å²) in [5, 5.41) is 2.49. The van der Waals surface area contributed by atoms with Gasteiger partial charge in [-0.25, -0.2) is 0 Å². The molecule has 0 atom stereocenters. The van der Waals surface area contributed by atoms with E-state index in [2.05, 4.69) is 5.32 Å². The minimum Gasteiger partial charge on any atom is -0.398 e. The van der Waals surface area contributed by atoms with Crippen molar-refractivity contribution in [1.29, 1.82) is 0 Å². The molecule has 0 saturated heterocycles. The summed E-state index contributed by atoms with van der Waals surface area (Å²) in [4.78, 5) is 13.9. The maximum absolute atomic E-state index is 12.7. The Hall–Kier alpha value is -1.76. The van der Waals surface area contributed by atoms with Crippen LogP contribution < -0.4 is 11.1 Å². The zero-order valence-electron chi connectivity index (χ0n) is 11.7. The number of nitrogen functional groups attached to an aromatic ring is 1. The van der Waals surface area contributed by atoms with E-state index >= 15 is 0 Å². The molecule has 1 aromatic rings. The molecular weight excluding hydrogens is 283 g/mol. The summed E-state index contributed by atoms with van der Waals surface area (Å²) in [5.41, 5.74) is 4.13. The van der Waals surface area contributed by atoms with Gasteiger partial charge in [0.05, 0.1) is 12.1 Å². The molecule has 21 heavy (non-hydrogen) atoms. The number of rotatable bonds is 5. The fourth-order valence-electron chi connectivity index (χ4n) is 2.20.